The minimum absolute atomic E-state index is 0.123. The van der Waals surface area contributed by atoms with Gasteiger partial charge in [0.25, 0.3) is 5.91 Å². The lowest BCUT2D eigenvalue weighted by atomic mass is 9.91. The third-order valence-electron chi connectivity index (χ3n) is 8.06. The van der Waals surface area contributed by atoms with Crippen LogP contribution in [0.3, 0.4) is 0 Å². The van der Waals surface area contributed by atoms with Crippen molar-refractivity contribution >= 4 is 23.2 Å². The molecule has 0 unspecified atom stereocenters. The molecule has 0 bridgehead atoms. The smallest absolute Gasteiger partial charge is 0.270 e. The number of anilines is 1. The number of ketones is 1. The predicted molar refractivity (Wildman–Crippen MR) is 150 cm³/mol. The quantitative estimate of drug-likeness (QED) is 0.151. The Bertz CT molecular complexity index is 1210. The number of fused-ring (bicyclic) bond motifs is 1. The van der Waals surface area contributed by atoms with Gasteiger partial charge in [0.15, 0.2) is 5.78 Å². The van der Waals surface area contributed by atoms with Gasteiger partial charge in [0.05, 0.1) is 12.6 Å². The molecule has 11 heteroatoms. The maximum absolute atomic E-state index is 12.7. The van der Waals surface area contributed by atoms with Gasteiger partial charge in [0.1, 0.15) is 23.6 Å². The summed E-state index contributed by atoms with van der Waals surface area (Å²) in [6.07, 6.45) is 7.10. The fraction of sp³-hybridized carbons (Fsp3) is 0.552. The Balaban J connectivity index is 1.02. The topological polar surface area (TPSA) is 152 Å². The highest BCUT2D eigenvalue weighted by Crippen LogP contribution is 2.31. The standard InChI is InChI=1S/C29H39N7O4/c37-24(17-36-12-11-19-3-1-2-4-21(19)16-36)14-31-29(39)25-13-27(33-18-32-25)34-23-9-7-22(8-10-23)30-15-26(38)28(35-40)20-5-6-20/h1-4,13,18,20,22-24,30,37,40H,5-12,14-17H2,(H,31,39)(H,32,33,34)/b35-28-/t22?,23?,24-/m0/s1. The Morgan fingerprint density at radius 3 is 2.55 bits per heavy atom. The van der Waals surface area contributed by atoms with Crippen molar-refractivity contribution in [3.05, 3.63) is 53.5 Å². The first-order valence-electron chi connectivity index (χ1n) is 14.3. The van der Waals surface area contributed by atoms with Crippen LogP contribution in [0.25, 0.3) is 0 Å². The lowest BCUT2D eigenvalue weighted by Crippen LogP contribution is -2.42. The monoisotopic (exact) mass is 549 g/mol. The van der Waals surface area contributed by atoms with E-state index >= 15 is 0 Å². The van der Waals surface area contributed by atoms with Crippen LogP contribution in [0, 0.1) is 5.92 Å². The maximum Gasteiger partial charge on any atom is 0.270 e. The number of hydrogen-bond donors (Lipinski definition) is 5. The summed E-state index contributed by atoms with van der Waals surface area (Å²) in [4.78, 5) is 35.6. The molecule has 40 heavy (non-hydrogen) atoms. The van der Waals surface area contributed by atoms with Crippen molar-refractivity contribution in [3.63, 3.8) is 0 Å². The number of aromatic nitrogens is 2. The molecule has 2 saturated carbocycles. The van der Waals surface area contributed by atoms with Crippen molar-refractivity contribution in [2.24, 2.45) is 11.1 Å². The maximum atomic E-state index is 12.7. The van der Waals surface area contributed by atoms with Gasteiger partial charge in [-0.25, -0.2) is 9.97 Å². The minimum Gasteiger partial charge on any atom is -0.411 e. The summed E-state index contributed by atoms with van der Waals surface area (Å²) in [5.41, 5.74) is 3.21. The third kappa shape index (κ3) is 7.61. The summed E-state index contributed by atoms with van der Waals surface area (Å²) in [7, 11) is 0. The molecule has 1 aliphatic heterocycles. The lowest BCUT2D eigenvalue weighted by molar-refractivity contribution is -0.112. The molecule has 2 aromatic rings. The number of β-amino-alcohol motifs (C(OH)–C–C–N with tert-alkyl or cyclic N) is 1. The Hall–Kier alpha value is -3.41. The fourth-order valence-corrected chi connectivity index (χ4v) is 5.63. The van der Waals surface area contributed by atoms with Gasteiger partial charge in [0.2, 0.25) is 0 Å². The second-order valence-electron chi connectivity index (χ2n) is 11.2. The van der Waals surface area contributed by atoms with Crippen LogP contribution in [0.2, 0.25) is 0 Å². The van der Waals surface area contributed by atoms with Gasteiger partial charge in [0, 0.05) is 50.2 Å². The van der Waals surface area contributed by atoms with E-state index in [1.54, 1.807) is 6.07 Å². The Morgan fingerprint density at radius 2 is 1.80 bits per heavy atom. The lowest BCUT2D eigenvalue weighted by Gasteiger charge is -2.30. The van der Waals surface area contributed by atoms with Crippen LogP contribution in [0.4, 0.5) is 5.82 Å². The van der Waals surface area contributed by atoms with E-state index in [0.717, 1.165) is 58.0 Å². The molecular formula is C29H39N7O4. The molecule has 2 aliphatic carbocycles. The van der Waals surface area contributed by atoms with E-state index in [-0.39, 0.29) is 48.5 Å². The summed E-state index contributed by atoms with van der Waals surface area (Å²) in [6, 6.07) is 10.5. The molecule has 11 nitrogen and oxygen atoms in total. The average molecular weight is 550 g/mol. The number of amides is 1. The number of aliphatic hydroxyl groups is 1. The van der Waals surface area contributed by atoms with Gasteiger partial charge in [-0.1, -0.05) is 29.4 Å². The number of nitrogens with one attached hydrogen (secondary N) is 3. The van der Waals surface area contributed by atoms with Crippen molar-refractivity contribution in [1.29, 1.82) is 0 Å². The fourth-order valence-electron chi connectivity index (χ4n) is 5.63. The summed E-state index contributed by atoms with van der Waals surface area (Å²) in [6.45, 7) is 2.53. The van der Waals surface area contributed by atoms with Gasteiger partial charge in [-0.3, -0.25) is 14.5 Å². The number of rotatable bonds is 12. The molecule has 5 N–H and O–H groups in total. The number of Topliss-reactive ketones (excluding diaryl/α,β-unsaturated/α-hetero) is 1. The Kier molecular flexibility index (Phi) is 9.35. The van der Waals surface area contributed by atoms with Crippen molar-refractivity contribution in [3.8, 4) is 0 Å². The van der Waals surface area contributed by atoms with Crippen molar-refractivity contribution in [1.82, 2.24) is 25.5 Å². The van der Waals surface area contributed by atoms with Gasteiger partial charge in [-0.15, -0.1) is 0 Å². The number of oxime groups is 1. The molecular weight excluding hydrogens is 510 g/mol. The molecule has 214 valence electrons. The summed E-state index contributed by atoms with van der Waals surface area (Å²) >= 11 is 0. The second kappa shape index (κ2) is 13.3. The third-order valence-corrected chi connectivity index (χ3v) is 8.06. The molecule has 3 aliphatic rings. The van der Waals surface area contributed by atoms with Crippen LogP contribution in [-0.4, -0.2) is 87.0 Å². The summed E-state index contributed by atoms with van der Waals surface area (Å²) in [5, 5.41) is 32.3. The van der Waals surface area contributed by atoms with Crippen molar-refractivity contribution in [2.45, 2.75) is 69.7 Å². The van der Waals surface area contributed by atoms with Crippen LogP contribution in [0.15, 0.2) is 41.8 Å². The van der Waals surface area contributed by atoms with Crippen LogP contribution in [0.5, 0.6) is 0 Å². The Morgan fingerprint density at radius 1 is 1.05 bits per heavy atom. The minimum atomic E-state index is -0.677. The average Bonchev–Trinajstić information content (AvgIpc) is 3.81. The normalized spacial score (nSPS) is 22.3. The van der Waals surface area contributed by atoms with E-state index in [1.807, 2.05) is 6.07 Å². The highest BCUT2D eigenvalue weighted by Gasteiger charge is 2.33. The van der Waals surface area contributed by atoms with E-state index in [0.29, 0.717) is 18.1 Å². The first-order valence-corrected chi connectivity index (χ1v) is 14.3. The van der Waals surface area contributed by atoms with Gasteiger partial charge >= 0.3 is 0 Å². The number of nitrogens with zero attached hydrogens (tertiary/aromatic N) is 4. The van der Waals surface area contributed by atoms with E-state index in [4.69, 9.17) is 5.21 Å². The molecule has 2 heterocycles. The van der Waals surface area contributed by atoms with E-state index in [2.05, 4.69) is 54.2 Å². The first-order chi connectivity index (χ1) is 19.5. The van der Waals surface area contributed by atoms with Crippen LogP contribution in [0.1, 0.15) is 60.1 Å². The number of benzene rings is 1. The molecule has 0 radical (unpaired) electrons. The zero-order valence-electron chi connectivity index (χ0n) is 22.8. The molecule has 1 amide bonds. The summed E-state index contributed by atoms with van der Waals surface area (Å²) in [5.74, 6) is 0.250. The van der Waals surface area contributed by atoms with Crippen LogP contribution < -0.4 is 16.0 Å². The molecule has 0 spiro atoms. The highest BCUT2D eigenvalue weighted by molar-refractivity contribution is 6.41. The number of carbonyl (C=O) groups excluding carboxylic acids is 2. The zero-order chi connectivity index (χ0) is 27.9. The molecule has 1 atom stereocenters. The van der Waals surface area contributed by atoms with E-state index < -0.39 is 6.10 Å². The van der Waals surface area contributed by atoms with E-state index in [9.17, 15) is 14.7 Å². The second-order valence-corrected chi connectivity index (χ2v) is 11.2. The summed E-state index contributed by atoms with van der Waals surface area (Å²) < 4.78 is 0. The number of carbonyl (C=O) groups is 2. The van der Waals surface area contributed by atoms with E-state index in [1.165, 1.54) is 17.5 Å². The van der Waals surface area contributed by atoms with Gasteiger partial charge in [-0.2, -0.15) is 0 Å². The predicted octanol–water partition coefficient (Wildman–Crippen LogP) is 1.75. The number of aliphatic hydroxyl groups excluding tert-OH is 1. The first kappa shape index (κ1) is 28.1. The largest absolute Gasteiger partial charge is 0.411 e. The molecule has 0 saturated heterocycles. The van der Waals surface area contributed by atoms with Crippen molar-refractivity contribution < 1.29 is 19.9 Å². The van der Waals surface area contributed by atoms with Crippen LogP contribution >= 0.6 is 0 Å². The molecule has 5 rings (SSSR count). The van der Waals surface area contributed by atoms with Crippen molar-refractivity contribution in [2.75, 3.05) is 31.5 Å². The zero-order valence-corrected chi connectivity index (χ0v) is 22.8. The Labute approximate surface area is 234 Å². The molecule has 1 aromatic carbocycles. The van der Waals surface area contributed by atoms with Crippen LogP contribution in [-0.2, 0) is 17.8 Å². The molecule has 1 aromatic heterocycles. The highest BCUT2D eigenvalue weighted by atomic mass is 16.4. The SMILES string of the molecule is O=C(CNC1CCC(Nc2cc(C(=O)NC[C@H](O)CN3CCc4ccccc4C3)ncn2)CC1)/C(=N\O)C1CC1. The molecule has 2 fully saturated rings. The number of hydrogen-bond acceptors (Lipinski definition) is 10. The van der Waals surface area contributed by atoms with Gasteiger partial charge in [-0.05, 0) is 56.1 Å². The van der Waals surface area contributed by atoms with Gasteiger partial charge < -0.3 is 26.3 Å².